The number of halogens is 1. The molecule has 18 heavy (non-hydrogen) atoms. The largest absolute Gasteiger partial charge is 0.327 e. The van der Waals surface area contributed by atoms with Crippen LogP contribution >= 0.6 is 15.9 Å². The summed E-state index contributed by atoms with van der Waals surface area (Å²) in [5.74, 6) is 0. The summed E-state index contributed by atoms with van der Waals surface area (Å²) in [6.45, 7) is 8.60. The molecule has 0 aliphatic rings. The van der Waals surface area contributed by atoms with Gasteiger partial charge in [0.15, 0.2) is 0 Å². The maximum absolute atomic E-state index is 6.18. The number of benzene rings is 1. The Kier molecular flexibility index (Phi) is 5.83. The smallest absolute Gasteiger partial charge is 0.0231 e. The van der Waals surface area contributed by atoms with Gasteiger partial charge in [-0.15, -0.1) is 0 Å². The molecule has 1 unspecified atom stereocenters. The van der Waals surface area contributed by atoms with Crippen molar-refractivity contribution in [2.75, 3.05) is 13.6 Å². The van der Waals surface area contributed by atoms with Gasteiger partial charge in [0.2, 0.25) is 0 Å². The first kappa shape index (κ1) is 15.7. The third-order valence-electron chi connectivity index (χ3n) is 3.28. The molecule has 1 atom stereocenters. The molecule has 1 aromatic carbocycles. The van der Waals surface area contributed by atoms with Gasteiger partial charge in [-0.1, -0.05) is 48.8 Å². The summed E-state index contributed by atoms with van der Waals surface area (Å²) in [5, 5.41) is 0. The van der Waals surface area contributed by atoms with E-state index in [0.717, 1.165) is 24.0 Å². The van der Waals surface area contributed by atoms with Crippen LogP contribution in [0.25, 0.3) is 0 Å². The van der Waals surface area contributed by atoms with Gasteiger partial charge in [-0.2, -0.15) is 0 Å². The Morgan fingerprint density at radius 1 is 1.33 bits per heavy atom. The zero-order valence-corrected chi connectivity index (χ0v) is 13.5. The van der Waals surface area contributed by atoms with E-state index < -0.39 is 0 Å². The molecule has 0 heterocycles. The second kappa shape index (κ2) is 6.69. The molecule has 1 aromatic rings. The van der Waals surface area contributed by atoms with E-state index in [-0.39, 0.29) is 11.5 Å². The van der Waals surface area contributed by atoms with Crippen molar-refractivity contribution in [2.24, 2.45) is 11.1 Å². The lowest BCUT2D eigenvalue weighted by molar-refractivity contribution is 0.251. The minimum absolute atomic E-state index is 0.191. The molecule has 102 valence electrons. The molecule has 0 saturated carbocycles. The molecule has 2 nitrogen and oxygen atoms in total. The Morgan fingerprint density at radius 2 is 2.00 bits per heavy atom. The van der Waals surface area contributed by atoms with Gasteiger partial charge in [0.1, 0.15) is 0 Å². The molecule has 2 N–H and O–H groups in total. The zero-order chi connectivity index (χ0) is 13.8. The van der Waals surface area contributed by atoms with Crippen molar-refractivity contribution in [3.8, 4) is 0 Å². The van der Waals surface area contributed by atoms with Crippen LogP contribution < -0.4 is 5.73 Å². The van der Waals surface area contributed by atoms with Gasteiger partial charge in [0.05, 0.1) is 0 Å². The Hall–Kier alpha value is -0.380. The Balaban J connectivity index is 2.41. The first-order valence-corrected chi connectivity index (χ1v) is 7.27. The van der Waals surface area contributed by atoms with E-state index in [1.54, 1.807) is 0 Å². The molecule has 0 radical (unpaired) electrons. The summed E-state index contributed by atoms with van der Waals surface area (Å²) in [6, 6.07) is 8.71. The number of nitrogens with zero attached hydrogens (tertiary/aromatic N) is 1. The fourth-order valence-corrected chi connectivity index (χ4v) is 2.27. The molecule has 0 aliphatic carbocycles. The molecule has 0 bridgehead atoms. The van der Waals surface area contributed by atoms with Crippen LogP contribution in [0.4, 0.5) is 0 Å². The quantitative estimate of drug-likeness (QED) is 0.899. The lowest BCUT2D eigenvalue weighted by Gasteiger charge is -2.28. The molecule has 0 amide bonds. The predicted molar refractivity (Wildman–Crippen MR) is 82.5 cm³/mol. The van der Waals surface area contributed by atoms with E-state index in [4.69, 9.17) is 5.73 Å². The van der Waals surface area contributed by atoms with Crippen molar-refractivity contribution in [3.05, 3.63) is 34.3 Å². The number of rotatable bonds is 5. The highest BCUT2D eigenvalue weighted by Crippen LogP contribution is 2.20. The third kappa shape index (κ3) is 5.51. The second-order valence-corrected chi connectivity index (χ2v) is 7.04. The molecule has 1 rings (SSSR count). The molecule has 0 aliphatic heterocycles. The van der Waals surface area contributed by atoms with Gasteiger partial charge in [0, 0.05) is 17.1 Å². The van der Waals surface area contributed by atoms with Gasteiger partial charge in [-0.25, -0.2) is 0 Å². The van der Waals surface area contributed by atoms with Gasteiger partial charge in [0.25, 0.3) is 0 Å². The van der Waals surface area contributed by atoms with Crippen molar-refractivity contribution < 1.29 is 0 Å². The molecule has 3 heteroatoms. The summed E-state index contributed by atoms with van der Waals surface area (Å²) in [4.78, 5) is 2.33. The average molecular weight is 313 g/mol. The highest BCUT2D eigenvalue weighted by atomic mass is 79.9. The molecule has 0 fully saturated rings. The zero-order valence-electron chi connectivity index (χ0n) is 11.9. The number of hydrogen-bond donors (Lipinski definition) is 1. The van der Waals surface area contributed by atoms with Crippen molar-refractivity contribution in [1.29, 1.82) is 0 Å². The molecule has 0 saturated heterocycles. The highest BCUT2D eigenvalue weighted by Gasteiger charge is 2.20. The van der Waals surface area contributed by atoms with Crippen LogP contribution in [0.5, 0.6) is 0 Å². The van der Waals surface area contributed by atoms with Gasteiger partial charge >= 0.3 is 0 Å². The summed E-state index contributed by atoms with van der Waals surface area (Å²) in [5.41, 5.74) is 7.70. The van der Waals surface area contributed by atoms with Crippen LogP contribution in [0.15, 0.2) is 28.7 Å². The maximum Gasteiger partial charge on any atom is 0.0231 e. The van der Waals surface area contributed by atoms with E-state index in [1.165, 1.54) is 5.56 Å². The van der Waals surface area contributed by atoms with Crippen LogP contribution in [-0.4, -0.2) is 24.5 Å². The Bertz CT molecular complexity index is 371. The van der Waals surface area contributed by atoms with Crippen LogP contribution in [0.3, 0.4) is 0 Å². The van der Waals surface area contributed by atoms with Crippen molar-refractivity contribution in [1.82, 2.24) is 4.90 Å². The summed E-state index contributed by atoms with van der Waals surface area (Å²) in [6.07, 6.45) is 1.04. The minimum atomic E-state index is 0.191. The van der Waals surface area contributed by atoms with Crippen LogP contribution in [-0.2, 0) is 6.54 Å². The average Bonchev–Trinajstić information content (AvgIpc) is 2.24. The minimum Gasteiger partial charge on any atom is -0.327 e. The highest BCUT2D eigenvalue weighted by molar-refractivity contribution is 9.10. The molecule has 0 spiro atoms. The van der Waals surface area contributed by atoms with Crippen LogP contribution in [0.1, 0.15) is 32.8 Å². The summed E-state index contributed by atoms with van der Waals surface area (Å²) >= 11 is 3.50. The predicted octanol–water partition coefficient (Wildman–Crippen LogP) is 3.64. The van der Waals surface area contributed by atoms with Crippen LogP contribution in [0.2, 0.25) is 0 Å². The lowest BCUT2D eigenvalue weighted by atomic mass is 9.85. The normalized spacial score (nSPS) is 13.9. The topological polar surface area (TPSA) is 29.3 Å². The first-order valence-electron chi connectivity index (χ1n) is 6.47. The van der Waals surface area contributed by atoms with E-state index in [1.807, 2.05) is 0 Å². The Labute approximate surface area is 120 Å². The van der Waals surface area contributed by atoms with E-state index >= 15 is 0 Å². The van der Waals surface area contributed by atoms with Gasteiger partial charge < -0.3 is 10.6 Å². The lowest BCUT2D eigenvalue weighted by Crippen LogP contribution is -2.37. The van der Waals surface area contributed by atoms with Gasteiger partial charge in [-0.05, 0) is 43.1 Å². The molecular formula is C15H25BrN2. The number of hydrogen-bond acceptors (Lipinski definition) is 2. The van der Waals surface area contributed by atoms with Crippen molar-refractivity contribution >= 4 is 15.9 Å². The SMILES string of the molecule is CN(CCC(N)C(C)(C)C)Cc1cccc(Br)c1. The van der Waals surface area contributed by atoms with Crippen molar-refractivity contribution in [2.45, 2.75) is 39.8 Å². The first-order chi connectivity index (χ1) is 8.29. The molecular weight excluding hydrogens is 288 g/mol. The van der Waals surface area contributed by atoms with E-state index in [9.17, 15) is 0 Å². The summed E-state index contributed by atoms with van der Waals surface area (Å²) < 4.78 is 1.14. The van der Waals surface area contributed by atoms with Crippen LogP contribution in [0, 0.1) is 5.41 Å². The maximum atomic E-state index is 6.18. The van der Waals surface area contributed by atoms with Gasteiger partial charge in [-0.3, -0.25) is 0 Å². The standard InChI is InChI=1S/C15H25BrN2/c1-15(2,3)14(17)8-9-18(4)11-12-6-5-7-13(16)10-12/h5-7,10,14H,8-9,11,17H2,1-4H3. The fraction of sp³-hybridized carbons (Fsp3) is 0.600. The Morgan fingerprint density at radius 3 is 2.56 bits per heavy atom. The summed E-state index contributed by atoms with van der Waals surface area (Å²) in [7, 11) is 2.15. The van der Waals surface area contributed by atoms with E-state index in [2.05, 4.69) is 72.9 Å². The fourth-order valence-electron chi connectivity index (χ4n) is 1.82. The van der Waals surface area contributed by atoms with E-state index in [0.29, 0.717) is 0 Å². The second-order valence-electron chi connectivity index (χ2n) is 6.13. The third-order valence-corrected chi connectivity index (χ3v) is 3.77. The van der Waals surface area contributed by atoms with Crippen molar-refractivity contribution in [3.63, 3.8) is 0 Å². The monoisotopic (exact) mass is 312 g/mol. The molecule has 0 aromatic heterocycles. The number of nitrogens with two attached hydrogens (primary N) is 1.